The number of hydrogen-bond donors (Lipinski definition) is 2. The SMILES string of the molecule is Cc1sccc1S(=O)(=O)Nc1cccc2c1NC(=O)C2. The van der Waals surface area contributed by atoms with E-state index in [-0.39, 0.29) is 17.2 Å². The fraction of sp³-hybridized carbons (Fsp3) is 0.154. The van der Waals surface area contributed by atoms with Gasteiger partial charge in [-0.15, -0.1) is 11.3 Å². The number of carbonyl (C=O) groups is 1. The molecule has 1 aromatic carbocycles. The number of para-hydroxylation sites is 1. The molecule has 7 heteroatoms. The zero-order valence-corrected chi connectivity index (χ0v) is 12.3. The molecule has 5 nitrogen and oxygen atoms in total. The van der Waals surface area contributed by atoms with E-state index in [0.29, 0.717) is 11.4 Å². The van der Waals surface area contributed by atoms with Crippen molar-refractivity contribution in [3.8, 4) is 0 Å². The Kier molecular flexibility index (Phi) is 3.02. The van der Waals surface area contributed by atoms with Gasteiger partial charge >= 0.3 is 0 Å². The third-order valence-electron chi connectivity index (χ3n) is 3.11. The molecule has 3 rings (SSSR count). The van der Waals surface area contributed by atoms with Gasteiger partial charge < -0.3 is 5.32 Å². The first-order valence-corrected chi connectivity index (χ1v) is 8.32. The topological polar surface area (TPSA) is 75.3 Å². The van der Waals surface area contributed by atoms with Gasteiger partial charge in [0.15, 0.2) is 0 Å². The maximum absolute atomic E-state index is 12.3. The average molecular weight is 308 g/mol. The van der Waals surface area contributed by atoms with Gasteiger partial charge in [-0.25, -0.2) is 8.42 Å². The van der Waals surface area contributed by atoms with Crippen molar-refractivity contribution < 1.29 is 13.2 Å². The molecule has 1 aliphatic heterocycles. The number of hydrogen-bond acceptors (Lipinski definition) is 4. The highest BCUT2D eigenvalue weighted by Crippen LogP contribution is 2.33. The molecule has 2 aromatic rings. The smallest absolute Gasteiger partial charge is 0.263 e. The first-order valence-electron chi connectivity index (χ1n) is 5.96. The van der Waals surface area contributed by atoms with Crippen molar-refractivity contribution in [3.63, 3.8) is 0 Å². The lowest BCUT2D eigenvalue weighted by Gasteiger charge is -2.11. The summed E-state index contributed by atoms with van der Waals surface area (Å²) in [6, 6.07) is 6.76. The van der Waals surface area contributed by atoms with E-state index in [2.05, 4.69) is 10.0 Å². The third-order valence-corrected chi connectivity index (χ3v) is 5.60. The zero-order chi connectivity index (χ0) is 14.3. The Morgan fingerprint density at radius 3 is 2.80 bits per heavy atom. The van der Waals surface area contributed by atoms with Crippen LogP contribution in [0, 0.1) is 6.92 Å². The van der Waals surface area contributed by atoms with Crippen LogP contribution in [0.1, 0.15) is 10.4 Å². The highest BCUT2D eigenvalue weighted by Gasteiger charge is 2.24. The Morgan fingerprint density at radius 2 is 2.10 bits per heavy atom. The molecular weight excluding hydrogens is 296 g/mol. The summed E-state index contributed by atoms with van der Waals surface area (Å²) < 4.78 is 27.2. The highest BCUT2D eigenvalue weighted by molar-refractivity contribution is 7.93. The van der Waals surface area contributed by atoms with Gasteiger partial charge in [0.05, 0.1) is 17.8 Å². The lowest BCUT2D eigenvalue weighted by Crippen LogP contribution is -2.14. The van der Waals surface area contributed by atoms with Gasteiger partial charge in [0.2, 0.25) is 5.91 Å². The number of nitrogens with one attached hydrogen (secondary N) is 2. The number of fused-ring (bicyclic) bond motifs is 1. The minimum atomic E-state index is -3.63. The van der Waals surface area contributed by atoms with Crippen LogP contribution in [0.15, 0.2) is 34.5 Å². The Morgan fingerprint density at radius 1 is 1.30 bits per heavy atom. The maximum Gasteiger partial charge on any atom is 0.263 e. The Labute approximate surface area is 120 Å². The third kappa shape index (κ3) is 2.19. The number of aryl methyl sites for hydroxylation is 1. The predicted molar refractivity (Wildman–Crippen MR) is 78.6 cm³/mol. The van der Waals surface area contributed by atoms with Crippen LogP contribution < -0.4 is 10.0 Å². The van der Waals surface area contributed by atoms with Gasteiger partial charge in [0, 0.05) is 4.88 Å². The van der Waals surface area contributed by atoms with Gasteiger partial charge in [0.1, 0.15) is 4.90 Å². The summed E-state index contributed by atoms with van der Waals surface area (Å²) in [6.45, 7) is 1.76. The standard InChI is InChI=1S/C13H12N2O3S2/c1-8-11(5-6-19-8)20(17,18)15-10-4-2-3-9-7-12(16)14-13(9)10/h2-6,15H,7H2,1H3,(H,14,16). The Balaban J connectivity index is 1.99. The minimum absolute atomic E-state index is 0.127. The molecule has 104 valence electrons. The molecule has 0 aliphatic carbocycles. The van der Waals surface area contributed by atoms with Gasteiger partial charge in [0.25, 0.3) is 10.0 Å². The van der Waals surface area contributed by atoms with Crippen molar-refractivity contribution >= 4 is 38.6 Å². The molecule has 0 saturated heterocycles. The predicted octanol–water partition coefficient (Wildman–Crippen LogP) is 2.35. The van der Waals surface area contributed by atoms with Crippen molar-refractivity contribution in [1.82, 2.24) is 0 Å². The van der Waals surface area contributed by atoms with Gasteiger partial charge in [-0.3, -0.25) is 9.52 Å². The van der Waals surface area contributed by atoms with Crippen molar-refractivity contribution in [2.24, 2.45) is 0 Å². The molecule has 1 aromatic heterocycles. The molecule has 2 N–H and O–H groups in total. The largest absolute Gasteiger partial charge is 0.324 e. The quantitative estimate of drug-likeness (QED) is 0.914. The van der Waals surface area contributed by atoms with E-state index in [0.717, 1.165) is 10.4 Å². The molecule has 20 heavy (non-hydrogen) atoms. The Bertz CT molecular complexity index is 794. The average Bonchev–Trinajstić information content (AvgIpc) is 2.94. The summed E-state index contributed by atoms with van der Waals surface area (Å²) in [5.41, 5.74) is 1.75. The number of benzene rings is 1. The molecule has 0 radical (unpaired) electrons. The van der Waals surface area contributed by atoms with E-state index in [1.165, 1.54) is 11.3 Å². The summed E-state index contributed by atoms with van der Waals surface area (Å²) in [7, 11) is -3.63. The van der Waals surface area contributed by atoms with Gasteiger partial charge in [-0.05, 0) is 30.0 Å². The maximum atomic E-state index is 12.3. The summed E-state index contributed by atoms with van der Waals surface area (Å²) in [5, 5.41) is 4.42. The fourth-order valence-corrected chi connectivity index (χ4v) is 4.54. The molecule has 2 heterocycles. The number of rotatable bonds is 3. The molecule has 1 amide bonds. The second kappa shape index (κ2) is 4.60. The van der Waals surface area contributed by atoms with E-state index in [1.54, 1.807) is 36.6 Å². The summed E-state index contributed by atoms with van der Waals surface area (Å²) in [5.74, 6) is -0.127. The number of anilines is 2. The first-order chi connectivity index (χ1) is 9.47. The molecule has 0 bridgehead atoms. The van der Waals surface area contributed by atoms with Crippen LogP contribution in [-0.2, 0) is 21.2 Å². The van der Waals surface area contributed by atoms with E-state index < -0.39 is 10.0 Å². The number of sulfonamides is 1. The van der Waals surface area contributed by atoms with E-state index >= 15 is 0 Å². The van der Waals surface area contributed by atoms with Gasteiger partial charge in [-0.1, -0.05) is 12.1 Å². The molecule has 0 spiro atoms. The lowest BCUT2D eigenvalue weighted by atomic mass is 10.1. The molecule has 1 aliphatic rings. The fourth-order valence-electron chi connectivity index (χ4n) is 2.19. The van der Waals surface area contributed by atoms with Crippen molar-refractivity contribution in [2.45, 2.75) is 18.2 Å². The lowest BCUT2D eigenvalue weighted by molar-refractivity contribution is -0.115. The van der Waals surface area contributed by atoms with Crippen LogP contribution in [0.5, 0.6) is 0 Å². The Hall–Kier alpha value is -1.86. The van der Waals surface area contributed by atoms with E-state index in [9.17, 15) is 13.2 Å². The van der Waals surface area contributed by atoms with Crippen LogP contribution in [-0.4, -0.2) is 14.3 Å². The van der Waals surface area contributed by atoms with Crippen LogP contribution in [0.25, 0.3) is 0 Å². The van der Waals surface area contributed by atoms with Crippen LogP contribution >= 0.6 is 11.3 Å². The normalized spacial score (nSPS) is 13.9. The van der Waals surface area contributed by atoms with Crippen molar-refractivity contribution in [1.29, 1.82) is 0 Å². The van der Waals surface area contributed by atoms with Crippen LogP contribution in [0.3, 0.4) is 0 Å². The number of amides is 1. The number of carbonyl (C=O) groups excluding carboxylic acids is 1. The number of thiophene rings is 1. The monoisotopic (exact) mass is 308 g/mol. The molecule has 0 fully saturated rings. The molecule has 0 saturated carbocycles. The van der Waals surface area contributed by atoms with E-state index in [4.69, 9.17) is 0 Å². The molecule has 0 unspecified atom stereocenters. The summed E-state index contributed by atoms with van der Waals surface area (Å²) >= 11 is 1.38. The zero-order valence-electron chi connectivity index (χ0n) is 10.6. The van der Waals surface area contributed by atoms with Crippen molar-refractivity contribution in [3.05, 3.63) is 40.1 Å². The first kappa shape index (κ1) is 13.1. The summed E-state index contributed by atoms with van der Waals surface area (Å²) in [6.07, 6.45) is 0.280. The second-order valence-electron chi connectivity index (χ2n) is 4.51. The second-order valence-corrected chi connectivity index (χ2v) is 7.28. The van der Waals surface area contributed by atoms with Gasteiger partial charge in [-0.2, -0.15) is 0 Å². The highest BCUT2D eigenvalue weighted by atomic mass is 32.2. The molecular formula is C13H12N2O3S2. The van der Waals surface area contributed by atoms with E-state index in [1.807, 2.05) is 0 Å². The minimum Gasteiger partial charge on any atom is -0.324 e. The summed E-state index contributed by atoms with van der Waals surface area (Å²) in [4.78, 5) is 12.4. The molecule has 0 atom stereocenters. The van der Waals surface area contributed by atoms with Crippen LogP contribution in [0.2, 0.25) is 0 Å². The van der Waals surface area contributed by atoms with Crippen molar-refractivity contribution in [2.75, 3.05) is 10.0 Å². The van der Waals surface area contributed by atoms with Crippen LogP contribution in [0.4, 0.5) is 11.4 Å².